The zero-order valence-corrected chi connectivity index (χ0v) is 16.5. The highest BCUT2D eigenvalue weighted by atomic mass is 32.2. The molecular weight excluding hydrogens is 368 g/mol. The lowest BCUT2D eigenvalue weighted by molar-refractivity contribution is 0.339. The van der Waals surface area contributed by atoms with E-state index in [1.807, 2.05) is 48.5 Å². The van der Waals surface area contributed by atoms with Crippen molar-refractivity contribution in [3.8, 4) is 17.1 Å². The van der Waals surface area contributed by atoms with Crippen LogP contribution in [0.25, 0.3) is 11.3 Å². The van der Waals surface area contributed by atoms with Crippen molar-refractivity contribution in [2.24, 2.45) is 5.92 Å². The molecule has 3 nitrogen and oxygen atoms in total. The molecule has 0 radical (unpaired) electrons. The van der Waals surface area contributed by atoms with E-state index in [0.29, 0.717) is 17.2 Å². The third-order valence-electron chi connectivity index (χ3n) is 5.39. The topological polar surface area (TPSA) is 50.4 Å². The molecule has 0 amide bonds. The van der Waals surface area contributed by atoms with Crippen molar-refractivity contribution < 1.29 is 9.52 Å². The number of rotatable bonds is 5. The van der Waals surface area contributed by atoms with Crippen LogP contribution in [0.3, 0.4) is 0 Å². The smallest absolute Gasteiger partial charge is 0.344 e. The molecule has 4 heteroatoms. The predicted octanol–water partition coefficient (Wildman–Crippen LogP) is 6.43. The van der Waals surface area contributed by atoms with Gasteiger partial charge in [-0.3, -0.25) is 0 Å². The van der Waals surface area contributed by atoms with Crippen molar-refractivity contribution in [1.29, 1.82) is 0 Å². The Morgan fingerprint density at radius 1 is 0.929 bits per heavy atom. The van der Waals surface area contributed by atoms with Gasteiger partial charge in [-0.15, -0.1) is 11.8 Å². The lowest BCUT2D eigenvalue weighted by Crippen LogP contribution is -2.20. The highest BCUT2D eigenvalue weighted by Gasteiger charge is 2.31. The molecule has 1 atom stereocenters. The van der Waals surface area contributed by atoms with Crippen LogP contribution in [0.5, 0.6) is 5.75 Å². The van der Waals surface area contributed by atoms with Crippen molar-refractivity contribution in [2.45, 2.75) is 42.2 Å². The Bertz CT molecular complexity index is 960. The van der Waals surface area contributed by atoms with Gasteiger partial charge in [0.05, 0.1) is 5.56 Å². The van der Waals surface area contributed by atoms with Crippen molar-refractivity contribution in [1.82, 2.24) is 0 Å². The standard InChI is InChI=1S/C24H24O3S/c25-20-16-21(17-10-4-1-5-11-17)27-24(26)22(20)23(18-12-6-2-7-13-18)28-19-14-8-3-9-15-19/h1,3-5,8-11,14-16,18,23,25H,2,6-7,12-13H2/t23-/m0/s1. The van der Waals surface area contributed by atoms with Gasteiger partial charge in [0.15, 0.2) is 0 Å². The van der Waals surface area contributed by atoms with E-state index in [1.54, 1.807) is 17.8 Å². The summed E-state index contributed by atoms with van der Waals surface area (Å²) in [6.07, 6.45) is 5.73. The molecule has 1 saturated carbocycles. The number of hydrogen-bond donors (Lipinski definition) is 1. The van der Waals surface area contributed by atoms with Gasteiger partial charge in [0.25, 0.3) is 0 Å². The average molecular weight is 393 g/mol. The molecule has 0 unspecified atom stereocenters. The zero-order valence-electron chi connectivity index (χ0n) is 15.7. The van der Waals surface area contributed by atoms with Crippen LogP contribution in [0, 0.1) is 5.92 Å². The zero-order chi connectivity index (χ0) is 19.3. The maximum absolute atomic E-state index is 13.0. The van der Waals surface area contributed by atoms with Gasteiger partial charge in [-0.25, -0.2) is 4.79 Å². The van der Waals surface area contributed by atoms with Gasteiger partial charge >= 0.3 is 5.63 Å². The molecule has 0 bridgehead atoms. The summed E-state index contributed by atoms with van der Waals surface area (Å²) in [4.78, 5) is 14.1. The molecule has 0 saturated heterocycles. The van der Waals surface area contributed by atoms with Crippen LogP contribution in [0.2, 0.25) is 0 Å². The first-order valence-corrected chi connectivity index (χ1v) is 10.7. The van der Waals surface area contributed by atoms with E-state index in [0.717, 1.165) is 23.3 Å². The molecule has 4 rings (SSSR count). The normalized spacial score (nSPS) is 16.0. The maximum atomic E-state index is 13.0. The minimum absolute atomic E-state index is 0.0362. The summed E-state index contributed by atoms with van der Waals surface area (Å²) < 4.78 is 5.66. The van der Waals surface area contributed by atoms with Crippen LogP contribution in [0.1, 0.15) is 42.9 Å². The summed E-state index contributed by atoms with van der Waals surface area (Å²) in [5.41, 5.74) is 0.754. The molecule has 144 valence electrons. The molecule has 1 aromatic heterocycles. The molecule has 0 spiro atoms. The van der Waals surface area contributed by atoms with Crippen molar-refractivity contribution in [2.75, 3.05) is 0 Å². The maximum Gasteiger partial charge on any atom is 0.344 e. The minimum atomic E-state index is -0.433. The Morgan fingerprint density at radius 2 is 1.57 bits per heavy atom. The first-order valence-electron chi connectivity index (χ1n) is 9.86. The minimum Gasteiger partial charge on any atom is -0.507 e. The lowest BCUT2D eigenvalue weighted by Gasteiger charge is -2.30. The Kier molecular flexibility index (Phi) is 5.87. The highest BCUT2D eigenvalue weighted by Crippen LogP contribution is 2.47. The molecule has 1 fully saturated rings. The van der Waals surface area contributed by atoms with Crippen molar-refractivity contribution >= 4 is 11.8 Å². The van der Waals surface area contributed by atoms with Gasteiger partial charge in [0.2, 0.25) is 0 Å². The average Bonchev–Trinajstić information content (AvgIpc) is 2.74. The quantitative estimate of drug-likeness (QED) is 0.509. The number of aromatic hydroxyl groups is 1. The van der Waals surface area contributed by atoms with Crippen LogP contribution in [-0.4, -0.2) is 5.11 Å². The lowest BCUT2D eigenvalue weighted by atomic mass is 9.84. The van der Waals surface area contributed by atoms with Crippen LogP contribution >= 0.6 is 11.8 Å². The number of benzene rings is 2. The van der Waals surface area contributed by atoms with Gasteiger partial charge < -0.3 is 9.52 Å². The van der Waals surface area contributed by atoms with E-state index in [9.17, 15) is 9.90 Å². The molecule has 3 aromatic rings. The van der Waals surface area contributed by atoms with E-state index >= 15 is 0 Å². The van der Waals surface area contributed by atoms with Gasteiger partial charge in [-0.05, 0) is 30.9 Å². The SMILES string of the molecule is O=c1oc(-c2ccccc2)cc(O)c1[C@@H](Sc1ccccc1)C1CCCCC1. The van der Waals surface area contributed by atoms with Crippen LogP contribution in [-0.2, 0) is 0 Å². The molecule has 28 heavy (non-hydrogen) atoms. The fourth-order valence-electron chi connectivity index (χ4n) is 3.97. The predicted molar refractivity (Wildman–Crippen MR) is 114 cm³/mol. The van der Waals surface area contributed by atoms with Crippen molar-refractivity contribution in [3.05, 3.63) is 82.7 Å². The van der Waals surface area contributed by atoms with Gasteiger partial charge in [-0.2, -0.15) is 0 Å². The van der Waals surface area contributed by atoms with Crippen LogP contribution in [0.15, 0.2) is 80.8 Å². The second kappa shape index (κ2) is 8.70. The number of hydrogen-bond acceptors (Lipinski definition) is 4. The molecule has 1 heterocycles. The van der Waals surface area contributed by atoms with E-state index in [1.165, 1.54) is 19.3 Å². The monoisotopic (exact) mass is 392 g/mol. The summed E-state index contributed by atoms with van der Waals surface area (Å²) in [6.45, 7) is 0. The van der Waals surface area contributed by atoms with E-state index < -0.39 is 5.63 Å². The third kappa shape index (κ3) is 4.17. The van der Waals surface area contributed by atoms with Gasteiger partial charge in [-0.1, -0.05) is 67.8 Å². The fraction of sp³-hybridized carbons (Fsp3) is 0.292. The second-order valence-electron chi connectivity index (χ2n) is 7.31. The largest absolute Gasteiger partial charge is 0.507 e. The summed E-state index contributed by atoms with van der Waals surface area (Å²) in [7, 11) is 0. The molecule has 1 N–H and O–H groups in total. The fourth-order valence-corrected chi connectivity index (χ4v) is 5.38. The van der Waals surface area contributed by atoms with Crippen molar-refractivity contribution in [3.63, 3.8) is 0 Å². The molecule has 0 aliphatic heterocycles. The van der Waals surface area contributed by atoms with Crippen LogP contribution < -0.4 is 5.63 Å². The molecule has 1 aliphatic rings. The Hall–Kier alpha value is -2.46. The highest BCUT2D eigenvalue weighted by molar-refractivity contribution is 7.99. The van der Waals surface area contributed by atoms with Crippen LogP contribution in [0.4, 0.5) is 0 Å². The summed E-state index contributed by atoms with van der Waals surface area (Å²) in [5.74, 6) is 0.795. The molecular formula is C24H24O3S. The summed E-state index contributed by atoms with van der Waals surface area (Å²) in [6, 6.07) is 21.1. The summed E-state index contributed by atoms with van der Waals surface area (Å²) >= 11 is 1.66. The van der Waals surface area contributed by atoms with E-state index in [2.05, 4.69) is 12.1 Å². The number of thioether (sulfide) groups is 1. The summed E-state index contributed by atoms with van der Waals surface area (Å²) in [5, 5.41) is 10.7. The second-order valence-corrected chi connectivity index (χ2v) is 8.53. The molecule has 1 aliphatic carbocycles. The molecule has 2 aromatic carbocycles. The van der Waals surface area contributed by atoms with E-state index in [-0.39, 0.29) is 11.0 Å². The first-order chi connectivity index (χ1) is 13.7. The van der Waals surface area contributed by atoms with Gasteiger partial charge in [0.1, 0.15) is 11.5 Å². The Labute approximate surface area is 169 Å². The Balaban J connectivity index is 1.74. The Morgan fingerprint density at radius 3 is 2.21 bits per heavy atom. The third-order valence-corrected chi connectivity index (χ3v) is 6.81. The first kappa shape index (κ1) is 18.9. The van der Waals surface area contributed by atoms with E-state index in [4.69, 9.17) is 4.42 Å². The van der Waals surface area contributed by atoms with Gasteiger partial charge in [0, 0.05) is 21.8 Å².